The Bertz CT molecular complexity index is 666. The highest BCUT2D eigenvalue weighted by Crippen LogP contribution is 2.27. The molecule has 0 fully saturated rings. The Balaban J connectivity index is 2.11. The minimum atomic E-state index is 0.462. The van der Waals surface area contributed by atoms with Crippen LogP contribution in [0.15, 0.2) is 42.7 Å². The molecule has 0 bridgehead atoms. The van der Waals surface area contributed by atoms with Crippen molar-refractivity contribution in [3.05, 3.63) is 48.4 Å². The molecule has 18 heavy (non-hydrogen) atoms. The van der Waals surface area contributed by atoms with Crippen LogP contribution in [0.1, 0.15) is 25.5 Å². The molecule has 3 rings (SSSR count). The Morgan fingerprint density at radius 2 is 1.94 bits per heavy atom. The van der Waals surface area contributed by atoms with Crippen molar-refractivity contribution in [1.29, 1.82) is 0 Å². The van der Waals surface area contributed by atoms with Gasteiger partial charge in [-0.05, 0) is 23.6 Å². The standard InChI is InChI=1S/C15H15N3/c1-10(2)14-7-6-11(8-16-14)12-4-3-5-15-13(12)9-17-18-15/h3-10H,1-2H3,(H,17,18). The number of aromatic amines is 1. The summed E-state index contributed by atoms with van der Waals surface area (Å²) in [6, 6.07) is 10.4. The van der Waals surface area contributed by atoms with E-state index in [9.17, 15) is 0 Å². The third-order valence-electron chi connectivity index (χ3n) is 3.17. The summed E-state index contributed by atoms with van der Waals surface area (Å²) in [4.78, 5) is 4.52. The van der Waals surface area contributed by atoms with Crippen molar-refractivity contribution in [2.24, 2.45) is 0 Å². The maximum Gasteiger partial charge on any atom is 0.0656 e. The Hall–Kier alpha value is -2.16. The largest absolute Gasteiger partial charge is 0.278 e. The monoisotopic (exact) mass is 237 g/mol. The van der Waals surface area contributed by atoms with Crippen LogP contribution in [0.2, 0.25) is 0 Å². The van der Waals surface area contributed by atoms with Crippen molar-refractivity contribution in [3.8, 4) is 11.1 Å². The van der Waals surface area contributed by atoms with Gasteiger partial charge in [-0.15, -0.1) is 0 Å². The van der Waals surface area contributed by atoms with Crippen molar-refractivity contribution >= 4 is 10.9 Å². The molecular formula is C15H15N3. The fraction of sp³-hybridized carbons (Fsp3) is 0.200. The summed E-state index contributed by atoms with van der Waals surface area (Å²) in [6.07, 6.45) is 3.80. The van der Waals surface area contributed by atoms with Gasteiger partial charge in [-0.25, -0.2) is 0 Å². The predicted molar refractivity (Wildman–Crippen MR) is 73.4 cm³/mol. The van der Waals surface area contributed by atoms with Gasteiger partial charge in [-0.2, -0.15) is 5.10 Å². The molecule has 1 N–H and O–H groups in total. The molecule has 0 aliphatic carbocycles. The van der Waals surface area contributed by atoms with Gasteiger partial charge in [0.1, 0.15) is 0 Å². The topological polar surface area (TPSA) is 41.6 Å². The second kappa shape index (κ2) is 4.26. The SMILES string of the molecule is CC(C)c1ccc(-c2cccc3[nH]ncc23)cn1. The number of pyridine rings is 1. The quantitative estimate of drug-likeness (QED) is 0.737. The molecule has 0 spiro atoms. The minimum absolute atomic E-state index is 0.462. The van der Waals surface area contributed by atoms with Crippen LogP contribution < -0.4 is 0 Å². The summed E-state index contributed by atoms with van der Waals surface area (Å²) in [5.74, 6) is 0.462. The van der Waals surface area contributed by atoms with Gasteiger partial charge < -0.3 is 0 Å². The lowest BCUT2D eigenvalue weighted by atomic mass is 10.0. The summed E-state index contributed by atoms with van der Waals surface area (Å²) in [5.41, 5.74) is 4.48. The first-order valence-corrected chi connectivity index (χ1v) is 6.14. The van der Waals surface area contributed by atoms with Crippen LogP contribution in [0, 0.1) is 0 Å². The van der Waals surface area contributed by atoms with Crippen molar-refractivity contribution in [1.82, 2.24) is 15.2 Å². The number of rotatable bonds is 2. The van der Waals surface area contributed by atoms with E-state index in [2.05, 4.69) is 47.2 Å². The first kappa shape index (κ1) is 11.0. The molecule has 2 aromatic heterocycles. The van der Waals surface area contributed by atoms with Crippen LogP contribution in [0.3, 0.4) is 0 Å². The summed E-state index contributed by atoms with van der Waals surface area (Å²) >= 11 is 0. The Morgan fingerprint density at radius 1 is 1.06 bits per heavy atom. The van der Waals surface area contributed by atoms with Crippen molar-refractivity contribution in [2.45, 2.75) is 19.8 Å². The minimum Gasteiger partial charge on any atom is -0.278 e. The molecule has 0 radical (unpaired) electrons. The zero-order chi connectivity index (χ0) is 12.5. The van der Waals surface area contributed by atoms with E-state index < -0.39 is 0 Å². The molecule has 0 saturated carbocycles. The fourth-order valence-corrected chi connectivity index (χ4v) is 2.13. The third kappa shape index (κ3) is 1.78. The number of fused-ring (bicyclic) bond motifs is 1. The van der Waals surface area contributed by atoms with Crippen molar-refractivity contribution < 1.29 is 0 Å². The molecule has 0 aliphatic heterocycles. The zero-order valence-corrected chi connectivity index (χ0v) is 10.5. The maximum absolute atomic E-state index is 4.52. The summed E-state index contributed by atoms with van der Waals surface area (Å²) in [7, 11) is 0. The molecular weight excluding hydrogens is 222 g/mol. The van der Waals surface area contributed by atoms with Gasteiger partial charge in [0, 0.05) is 22.8 Å². The number of nitrogens with one attached hydrogen (secondary N) is 1. The molecule has 3 aromatic rings. The smallest absolute Gasteiger partial charge is 0.0656 e. The zero-order valence-electron chi connectivity index (χ0n) is 10.5. The molecule has 0 unspecified atom stereocenters. The molecule has 3 heteroatoms. The van der Waals surface area contributed by atoms with E-state index in [1.54, 1.807) is 0 Å². The molecule has 0 saturated heterocycles. The van der Waals surface area contributed by atoms with E-state index in [0.717, 1.165) is 22.2 Å². The summed E-state index contributed by atoms with van der Waals surface area (Å²) < 4.78 is 0. The normalized spacial score (nSPS) is 11.3. The second-order valence-corrected chi connectivity index (χ2v) is 4.76. The number of nitrogens with zero attached hydrogens (tertiary/aromatic N) is 2. The lowest BCUT2D eigenvalue weighted by Gasteiger charge is -2.06. The number of hydrogen-bond donors (Lipinski definition) is 1. The predicted octanol–water partition coefficient (Wildman–Crippen LogP) is 3.75. The molecule has 0 atom stereocenters. The molecule has 3 nitrogen and oxygen atoms in total. The Labute approximate surface area is 106 Å². The molecule has 90 valence electrons. The average molecular weight is 237 g/mol. The van der Waals surface area contributed by atoms with Gasteiger partial charge in [0.2, 0.25) is 0 Å². The van der Waals surface area contributed by atoms with Crippen LogP contribution >= 0.6 is 0 Å². The number of aromatic nitrogens is 3. The second-order valence-electron chi connectivity index (χ2n) is 4.76. The van der Waals surface area contributed by atoms with Crippen LogP contribution in [0.4, 0.5) is 0 Å². The average Bonchev–Trinajstić information content (AvgIpc) is 2.87. The van der Waals surface area contributed by atoms with E-state index in [0.29, 0.717) is 5.92 Å². The lowest BCUT2D eigenvalue weighted by Crippen LogP contribution is -1.91. The Kier molecular flexibility index (Phi) is 2.59. The van der Waals surface area contributed by atoms with Gasteiger partial charge in [0.15, 0.2) is 0 Å². The van der Waals surface area contributed by atoms with Gasteiger partial charge in [0.05, 0.1) is 11.7 Å². The molecule has 2 heterocycles. The Morgan fingerprint density at radius 3 is 2.67 bits per heavy atom. The third-order valence-corrected chi connectivity index (χ3v) is 3.17. The van der Waals surface area contributed by atoms with Crippen LogP contribution in [0.25, 0.3) is 22.0 Å². The maximum atomic E-state index is 4.52. The van der Waals surface area contributed by atoms with Crippen LogP contribution in [-0.2, 0) is 0 Å². The van der Waals surface area contributed by atoms with E-state index in [-0.39, 0.29) is 0 Å². The number of benzene rings is 1. The summed E-state index contributed by atoms with van der Waals surface area (Å²) in [6.45, 7) is 4.30. The highest BCUT2D eigenvalue weighted by molar-refractivity contribution is 5.93. The first-order chi connectivity index (χ1) is 8.75. The highest BCUT2D eigenvalue weighted by Gasteiger charge is 2.06. The van der Waals surface area contributed by atoms with Crippen LogP contribution in [0.5, 0.6) is 0 Å². The highest BCUT2D eigenvalue weighted by atomic mass is 15.1. The van der Waals surface area contributed by atoms with Crippen molar-refractivity contribution in [3.63, 3.8) is 0 Å². The summed E-state index contributed by atoms with van der Waals surface area (Å²) in [5, 5.41) is 8.21. The van der Waals surface area contributed by atoms with E-state index >= 15 is 0 Å². The van der Waals surface area contributed by atoms with E-state index in [1.807, 2.05) is 24.5 Å². The van der Waals surface area contributed by atoms with E-state index in [1.165, 1.54) is 5.56 Å². The number of H-pyrrole nitrogens is 1. The van der Waals surface area contributed by atoms with Gasteiger partial charge >= 0.3 is 0 Å². The van der Waals surface area contributed by atoms with Gasteiger partial charge in [0.25, 0.3) is 0 Å². The van der Waals surface area contributed by atoms with Crippen molar-refractivity contribution in [2.75, 3.05) is 0 Å². The molecule has 0 amide bonds. The van der Waals surface area contributed by atoms with Crippen LogP contribution in [-0.4, -0.2) is 15.2 Å². The van der Waals surface area contributed by atoms with Gasteiger partial charge in [-0.1, -0.05) is 32.0 Å². The lowest BCUT2D eigenvalue weighted by molar-refractivity contribution is 0.823. The van der Waals surface area contributed by atoms with Gasteiger partial charge in [-0.3, -0.25) is 10.1 Å². The molecule has 1 aromatic carbocycles. The first-order valence-electron chi connectivity index (χ1n) is 6.14. The molecule has 0 aliphatic rings. The number of hydrogen-bond acceptors (Lipinski definition) is 2. The van der Waals surface area contributed by atoms with E-state index in [4.69, 9.17) is 0 Å². The fourth-order valence-electron chi connectivity index (χ4n) is 2.13.